The summed E-state index contributed by atoms with van der Waals surface area (Å²) in [5, 5.41) is 9.90. The van der Waals surface area contributed by atoms with Crippen LogP contribution in [0.4, 0.5) is 10.6 Å². The van der Waals surface area contributed by atoms with Crippen molar-refractivity contribution in [2.24, 2.45) is 13.0 Å². The number of aromatic nitrogens is 2. The highest BCUT2D eigenvalue weighted by molar-refractivity contribution is 5.88. The molecule has 0 unspecified atom stereocenters. The molecule has 0 saturated heterocycles. The van der Waals surface area contributed by atoms with Crippen LogP contribution in [0.1, 0.15) is 25.5 Å². The molecule has 0 aliphatic heterocycles. The number of amides is 2. The molecule has 5 heteroatoms. The Morgan fingerprint density at radius 2 is 2.31 bits per heavy atom. The summed E-state index contributed by atoms with van der Waals surface area (Å²) in [6.07, 6.45) is 2.46. The van der Waals surface area contributed by atoms with Gasteiger partial charge in [-0.25, -0.2) is 4.79 Å². The predicted octanol–water partition coefficient (Wildman–Crippen LogP) is 1.65. The summed E-state index contributed by atoms with van der Waals surface area (Å²) in [5.41, 5.74) is 0.896. The van der Waals surface area contributed by atoms with Gasteiger partial charge in [0.1, 0.15) is 5.82 Å². The molecule has 1 aromatic rings. The van der Waals surface area contributed by atoms with Gasteiger partial charge in [0.15, 0.2) is 0 Å². The second-order valence-electron chi connectivity index (χ2n) is 4.52. The van der Waals surface area contributed by atoms with Crippen LogP contribution in [0.2, 0.25) is 0 Å². The first kappa shape index (κ1) is 11.0. The standard InChI is InChI=1S/C11H18N4O/c1-7-6-10(15(3)14-7)13-11(16)12-8(2)9-4-5-9/h6,8-9H,4-5H2,1-3H3,(H2,12,13,16)/t8-/m0/s1. The van der Waals surface area contributed by atoms with E-state index >= 15 is 0 Å². The molecule has 0 aromatic carbocycles. The molecule has 2 N–H and O–H groups in total. The van der Waals surface area contributed by atoms with E-state index in [1.54, 1.807) is 4.68 Å². The third-order valence-corrected chi connectivity index (χ3v) is 2.93. The highest BCUT2D eigenvalue weighted by atomic mass is 16.2. The molecule has 5 nitrogen and oxygen atoms in total. The summed E-state index contributed by atoms with van der Waals surface area (Å²) < 4.78 is 1.66. The van der Waals surface area contributed by atoms with Crippen molar-refractivity contribution in [3.05, 3.63) is 11.8 Å². The van der Waals surface area contributed by atoms with Crippen LogP contribution < -0.4 is 10.6 Å². The average molecular weight is 222 g/mol. The van der Waals surface area contributed by atoms with Crippen molar-refractivity contribution in [2.45, 2.75) is 32.7 Å². The van der Waals surface area contributed by atoms with Gasteiger partial charge in [0.05, 0.1) is 5.69 Å². The normalized spacial score (nSPS) is 16.9. The maximum atomic E-state index is 11.7. The highest BCUT2D eigenvalue weighted by Gasteiger charge is 2.28. The number of anilines is 1. The SMILES string of the molecule is Cc1cc(NC(=O)N[C@@H](C)C2CC2)n(C)n1. The third kappa shape index (κ3) is 2.53. The largest absolute Gasteiger partial charge is 0.335 e. The maximum absolute atomic E-state index is 11.7. The number of hydrogen-bond donors (Lipinski definition) is 2. The Kier molecular flexibility index (Phi) is 2.85. The second-order valence-corrected chi connectivity index (χ2v) is 4.52. The molecule has 16 heavy (non-hydrogen) atoms. The number of nitrogens with zero attached hydrogens (tertiary/aromatic N) is 2. The summed E-state index contributed by atoms with van der Waals surface area (Å²) in [6, 6.07) is 1.96. The van der Waals surface area contributed by atoms with Crippen LogP contribution in [0.3, 0.4) is 0 Å². The Bertz CT molecular complexity index is 395. The van der Waals surface area contributed by atoms with E-state index in [2.05, 4.69) is 15.7 Å². The van der Waals surface area contributed by atoms with E-state index in [9.17, 15) is 4.79 Å². The third-order valence-electron chi connectivity index (χ3n) is 2.93. The van der Waals surface area contributed by atoms with Crippen molar-refractivity contribution < 1.29 is 4.79 Å². The van der Waals surface area contributed by atoms with Crippen LogP contribution in [0, 0.1) is 12.8 Å². The van der Waals surface area contributed by atoms with E-state index in [1.807, 2.05) is 27.0 Å². The van der Waals surface area contributed by atoms with Gasteiger partial charge >= 0.3 is 6.03 Å². The fraction of sp³-hybridized carbons (Fsp3) is 0.636. The minimum Gasteiger partial charge on any atom is -0.335 e. The first-order valence-electron chi connectivity index (χ1n) is 5.64. The summed E-state index contributed by atoms with van der Waals surface area (Å²) in [4.78, 5) is 11.7. The minimum absolute atomic E-state index is 0.151. The molecule has 0 spiro atoms. The van der Waals surface area contributed by atoms with Crippen LogP contribution in [0.5, 0.6) is 0 Å². The lowest BCUT2D eigenvalue weighted by molar-refractivity contribution is 0.248. The molecule has 1 saturated carbocycles. The molecule has 1 fully saturated rings. The molecule has 0 bridgehead atoms. The van der Waals surface area contributed by atoms with Gasteiger partial charge < -0.3 is 5.32 Å². The highest BCUT2D eigenvalue weighted by Crippen LogP contribution is 2.32. The Labute approximate surface area is 95.2 Å². The Hall–Kier alpha value is -1.52. The summed E-state index contributed by atoms with van der Waals surface area (Å²) in [5.74, 6) is 1.39. The maximum Gasteiger partial charge on any atom is 0.320 e. The first-order valence-corrected chi connectivity index (χ1v) is 5.64. The lowest BCUT2D eigenvalue weighted by atomic mass is 10.2. The van der Waals surface area contributed by atoms with Gasteiger partial charge in [0, 0.05) is 19.2 Å². The lowest BCUT2D eigenvalue weighted by Crippen LogP contribution is -2.37. The van der Waals surface area contributed by atoms with Crippen LogP contribution in [-0.4, -0.2) is 21.9 Å². The zero-order valence-electron chi connectivity index (χ0n) is 9.95. The van der Waals surface area contributed by atoms with E-state index in [4.69, 9.17) is 0 Å². The first-order chi connectivity index (χ1) is 7.56. The van der Waals surface area contributed by atoms with Gasteiger partial charge in [-0.3, -0.25) is 10.00 Å². The summed E-state index contributed by atoms with van der Waals surface area (Å²) in [6.45, 7) is 3.95. The zero-order valence-corrected chi connectivity index (χ0v) is 9.95. The minimum atomic E-state index is -0.151. The Morgan fingerprint density at radius 3 is 2.81 bits per heavy atom. The Balaban J connectivity index is 1.88. The van der Waals surface area contributed by atoms with Crippen molar-refractivity contribution in [2.75, 3.05) is 5.32 Å². The van der Waals surface area contributed by atoms with E-state index in [0.717, 1.165) is 11.5 Å². The molecule has 0 radical (unpaired) electrons. The average Bonchev–Trinajstić information content (AvgIpc) is 2.95. The summed E-state index contributed by atoms with van der Waals surface area (Å²) >= 11 is 0. The Morgan fingerprint density at radius 1 is 1.62 bits per heavy atom. The van der Waals surface area contributed by atoms with E-state index in [0.29, 0.717) is 5.92 Å². The predicted molar refractivity (Wildman–Crippen MR) is 62.3 cm³/mol. The van der Waals surface area contributed by atoms with Gasteiger partial charge in [0.25, 0.3) is 0 Å². The summed E-state index contributed by atoms with van der Waals surface area (Å²) in [7, 11) is 1.81. The van der Waals surface area contributed by atoms with E-state index in [1.165, 1.54) is 12.8 Å². The second kappa shape index (κ2) is 4.15. The zero-order chi connectivity index (χ0) is 11.7. The van der Waals surface area contributed by atoms with Crippen LogP contribution in [0.25, 0.3) is 0 Å². The fourth-order valence-corrected chi connectivity index (χ4v) is 1.80. The van der Waals surface area contributed by atoms with Crippen LogP contribution in [-0.2, 0) is 7.05 Å². The van der Waals surface area contributed by atoms with Crippen molar-refractivity contribution in [3.63, 3.8) is 0 Å². The van der Waals surface area contributed by atoms with Crippen molar-refractivity contribution >= 4 is 11.8 Å². The van der Waals surface area contributed by atoms with Gasteiger partial charge in [0.2, 0.25) is 0 Å². The van der Waals surface area contributed by atoms with Gasteiger partial charge in [-0.05, 0) is 32.6 Å². The van der Waals surface area contributed by atoms with E-state index in [-0.39, 0.29) is 12.1 Å². The van der Waals surface area contributed by atoms with Crippen molar-refractivity contribution in [1.29, 1.82) is 0 Å². The number of urea groups is 1. The molecule has 1 heterocycles. The van der Waals surface area contributed by atoms with Crippen molar-refractivity contribution in [3.8, 4) is 0 Å². The molecular formula is C11H18N4O. The topological polar surface area (TPSA) is 59.0 Å². The molecule has 1 atom stereocenters. The molecular weight excluding hydrogens is 204 g/mol. The number of nitrogens with one attached hydrogen (secondary N) is 2. The monoisotopic (exact) mass is 222 g/mol. The number of rotatable bonds is 3. The molecule has 88 valence electrons. The quantitative estimate of drug-likeness (QED) is 0.817. The molecule has 2 rings (SSSR count). The fourth-order valence-electron chi connectivity index (χ4n) is 1.80. The molecule has 2 amide bonds. The number of hydrogen-bond acceptors (Lipinski definition) is 2. The van der Waals surface area contributed by atoms with Gasteiger partial charge in [-0.1, -0.05) is 0 Å². The van der Waals surface area contributed by atoms with E-state index < -0.39 is 0 Å². The number of carbonyl (C=O) groups is 1. The van der Waals surface area contributed by atoms with Gasteiger partial charge in [-0.2, -0.15) is 5.10 Å². The van der Waals surface area contributed by atoms with Crippen LogP contribution >= 0.6 is 0 Å². The lowest BCUT2D eigenvalue weighted by Gasteiger charge is -2.13. The smallest absolute Gasteiger partial charge is 0.320 e. The molecule has 1 aromatic heterocycles. The van der Waals surface area contributed by atoms with Gasteiger partial charge in [-0.15, -0.1) is 0 Å². The van der Waals surface area contributed by atoms with Crippen LogP contribution in [0.15, 0.2) is 6.07 Å². The van der Waals surface area contributed by atoms with Crippen molar-refractivity contribution in [1.82, 2.24) is 15.1 Å². The molecule has 1 aliphatic rings. The molecule has 1 aliphatic carbocycles. The number of carbonyl (C=O) groups excluding carboxylic acids is 1. The number of aryl methyl sites for hydroxylation is 2.